The molecule has 1 aromatic heterocycles. The average Bonchev–Trinajstić information content (AvgIpc) is 2.56. The molecular formula is C17H12BrNO4. The van der Waals surface area contributed by atoms with Gasteiger partial charge in [-0.05, 0) is 40.2 Å². The van der Waals surface area contributed by atoms with Crippen molar-refractivity contribution < 1.29 is 13.9 Å². The van der Waals surface area contributed by atoms with Crippen molar-refractivity contribution in [3.05, 3.63) is 69.0 Å². The first-order chi connectivity index (χ1) is 11.1. The number of carbonyl (C=O) groups is 1. The van der Waals surface area contributed by atoms with E-state index < -0.39 is 11.5 Å². The Balaban J connectivity index is 1.98. The Kier molecular flexibility index (Phi) is 4.16. The van der Waals surface area contributed by atoms with Gasteiger partial charge in [0.15, 0.2) is 0 Å². The minimum absolute atomic E-state index is 0.0570. The second-order valence-corrected chi connectivity index (χ2v) is 5.64. The topological polar surface area (TPSA) is 68.5 Å². The lowest BCUT2D eigenvalue weighted by Gasteiger charge is -2.09. The van der Waals surface area contributed by atoms with Crippen LogP contribution in [0.15, 0.2) is 62.2 Å². The average molecular weight is 374 g/mol. The minimum atomic E-state index is -0.680. The van der Waals surface area contributed by atoms with E-state index in [1.807, 2.05) is 6.07 Å². The number of carbonyl (C=O) groups excluding carboxylic acids is 1. The summed E-state index contributed by atoms with van der Waals surface area (Å²) < 4.78 is 11.0. The Hall–Kier alpha value is -2.60. The molecule has 0 unspecified atom stereocenters. The second kappa shape index (κ2) is 6.26. The Morgan fingerprint density at radius 1 is 1.17 bits per heavy atom. The number of benzene rings is 2. The van der Waals surface area contributed by atoms with Gasteiger partial charge in [0.1, 0.15) is 16.9 Å². The monoisotopic (exact) mass is 373 g/mol. The molecule has 3 aromatic rings. The highest BCUT2D eigenvalue weighted by molar-refractivity contribution is 9.10. The normalized spacial score (nSPS) is 10.5. The fourth-order valence-corrected chi connectivity index (χ4v) is 2.48. The van der Waals surface area contributed by atoms with E-state index in [4.69, 9.17) is 9.15 Å². The van der Waals surface area contributed by atoms with Gasteiger partial charge >= 0.3 is 5.63 Å². The third-order valence-electron chi connectivity index (χ3n) is 3.31. The van der Waals surface area contributed by atoms with Gasteiger partial charge in [-0.15, -0.1) is 0 Å². The highest BCUT2D eigenvalue weighted by Crippen LogP contribution is 2.27. The highest BCUT2D eigenvalue weighted by atomic mass is 79.9. The maximum Gasteiger partial charge on any atom is 0.349 e. The van der Waals surface area contributed by atoms with Crippen molar-refractivity contribution in [2.24, 2.45) is 0 Å². The number of fused-ring (bicyclic) bond motifs is 1. The maximum absolute atomic E-state index is 12.4. The van der Waals surface area contributed by atoms with E-state index in [9.17, 15) is 9.59 Å². The second-order valence-electron chi connectivity index (χ2n) is 4.79. The van der Waals surface area contributed by atoms with Crippen LogP contribution in [0.2, 0.25) is 0 Å². The van der Waals surface area contributed by atoms with Gasteiger partial charge in [0.25, 0.3) is 5.91 Å². The molecule has 0 saturated carbocycles. The molecule has 0 aliphatic rings. The van der Waals surface area contributed by atoms with E-state index >= 15 is 0 Å². The fourth-order valence-electron chi connectivity index (χ4n) is 2.14. The Morgan fingerprint density at radius 3 is 2.74 bits per heavy atom. The molecule has 5 nitrogen and oxygen atoms in total. The summed E-state index contributed by atoms with van der Waals surface area (Å²) in [4.78, 5) is 24.4. The zero-order chi connectivity index (χ0) is 16.4. The molecule has 1 amide bonds. The van der Waals surface area contributed by atoms with Gasteiger partial charge in [-0.3, -0.25) is 4.79 Å². The first-order valence-corrected chi connectivity index (χ1v) is 7.55. The zero-order valence-electron chi connectivity index (χ0n) is 12.1. The van der Waals surface area contributed by atoms with Gasteiger partial charge in [-0.25, -0.2) is 4.79 Å². The first kappa shape index (κ1) is 15.3. The Bertz CT molecular complexity index is 949. The lowest BCUT2D eigenvalue weighted by Crippen LogP contribution is -2.20. The molecule has 0 atom stereocenters. The molecule has 2 aromatic carbocycles. The van der Waals surface area contributed by atoms with Crippen molar-refractivity contribution >= 4 is 38.5 Å². The van der Waals surface area contributed by atoms with Crippen LogP contribution in [0.3, 0.4) is 0 Å². The van der Waals surface area contributed by atoms with E-state index in [-0.39, 0.29) is 5.56 Å². The smallest absolute Gasteiger partial charge is 0.349 e. The third kappa shape index (κ3) is 3.12. The molecule has 0 radical (unpaired) electrons. The lowest BCUT2D eigenvalue weighted by atomic mass is 10.1. The van der Waals surface area contributed by atoms with Crippen molar-refractivity contribution in [2.75, 3.05) is 12.4 Å². The number of hydrogen-bond acceptors (Lipinski definition) is 4. The van der Waals surface area contributed by atoms with Crippen LogP contribution in [-0.4, -0.2) is 13.0 Å². The van der Waals surface area contributed by atoms with Gasteiger partial charge in [-0.2, -0.15) is 0 Å². The van der Waals surface area contributed by atoms with E-state index in [0.29, 0.717) is 26.9 Å². The Morgan fingerprint density at radius 2 is 1.96 bits per heavy atom. The number of methoxy groups -OCH3 is 1. The van der Waals surface area contributed by atoms with Crippen molar-refractivity contribution in [2.45, 2.75) is 0 Å². The molecule has 0 bridgehead atoms. The van der Waals surface area contributed by atoms with Crippen LogP contribution in [0, 0.1) is 0 Å². The van der Waals surface area contributed by atoms with Crippen LogP contribution in [0.1, 0.15) is 10.4 Å². The summed E-state index contributed by atoms with van der Waals surface area (Å²) in [5, 5.41) is 3.36. The van der Waals surface area contributed by atoms with Crippen molar-refractivity contribution in [1.82, 2.24) is 0 Å². The van der Waals surface area contributed by atoms with Gasteiger partial charge in [0.05, 0.1) is 12.8 Å². The predicted octanol–water partition coefficient (Wildman–Crippen LogP) is 3.82. The van der Waals surface area contributed by atoms with Crippen LogP contribution in [0.5, 0.6) is 5.75 Å². The molecular weight excluding hydrogens is 362 g/mol. The molecule has 0 aliphatic carbocycles. The van der Waals surface area contributed by atoms with Crippen LogP contribution < -0.4 is 15.7 Å². The molecule has 0 spiro atoms. The summed E-state index contributed by atoms with van der Waals surface area (Å²) in [7, 11) is 1.53. The van der Waals surface area contributed by atoms with Gasteiger partial charge in [0.2, 0.25) is 0 Å². The third-order valence-corrected chi connectivity index (χ3v) is 4.00. The molecule has 1 heterocycles. The SMILES string of the molecule is COc1ccc(Br)c(NC(=O)c2cc3ccccc3oc2=O)c1. The summed E-state index contributed by atoms with van der Waals surface area (Å²) in [5.41, 5.74) is 0.206. The molecule has 23 heavy (non-hydrogen) atoms. The van der Waals surface area contributed by atoms with Crippen LogP contribution in [0.25, 0.3) is 11.0 Å². The molecule has 116 valence electrons. The molecule has 0 aliphatic heterocycles. The van der Waals surface area contributed by atoms with E-state index in [1.54, 1.807) is 36.4 Å². The van der Waals surface area contributed by atoms with Gasteiger partial charge in [0, 0.05) is 15.9 Å². The van der Waals surface area contributed by atoms with Gasteiger partial charge < -0.3 is 14.5 Å². The number of anilines is 1. The summed E-state index contributed by atoms with van der Waals surface area (Å²) >= 11 is 3.35. The fraction of sp³-hybridized carbons (Fsp3) is 0.0588. The van der Waals surface area contributed by atoms with Crippen LogP contribution >= 0.6 is 15.9 Å². The zero-order valence-corrected chi connectivity index (χ0v) is 13.7. The first-order valence-electron chi connectivity index (χ1n) is 6.76. The summed E-state index contributed by atoms with van der Waals surface area (Å²) in [6.07, 6.45) is 0. The number of halogens is 1. The number of ether oxygens (including phenoxy) is 1. The lowest BCUT2D eigenvalue weighted by molar-refractivity contribution is 0.102. The summed E-state index contributed by atoms with van der Waals surface area (Å²) in [6.45, 7) is 0. The number of nitrogens with one attached hydrogen (secondary N) is 1. The van der Waals surface area contributed by atoms with Gasteiger partial charge in [-0.1, -0.05) is 18.2 Å². The highest BCUT2D eigenvalue weighted by Gasteiger charge is 2.15. The number of hydrogen-bond donors (Lipinski definition) is 1. The van der Waals surface area contributed by atoms with Crippen LogP contribution in [0.4, 0.5) is 5.69 Å². The van der Waals surface area contributed by atoms with E-state index in [0.717, 1.165) is 0 Å². The maximum atomic E-state index is 12.4. The largest absolute Gasteiger partial charge is 0.497 e. The molecule has 0 saturated heterocycles. The van der Waals surface area contributed by atoms with Crippen molar-refractivity contribution in [3.8, 4) is 5.75 Å². The minimum Gasteiger partial charge on any atom is -0.497 e. The summed E-state index contributed by atoms with van der Waals surface area (Å²) in [6, 6.07) is 13.7. The van der Waals surface area contributed by atoms with E-state index in [1.165, 1.54) is 13.2 Å². The number of para-hydroxylation sites is 1. The standard InChI is InChI=1S/C17H12BrNO4/c1-22-11-6-7-13(18)14(9-11)19-16(20)12-8-10-4-2-3-5-15(10)23-17(12)21/h2-9H,1H3,(H,19,20). The molecule has 3 rings (SSSR count). The van der Waals surface area contributed by atoms with E-state index in [2.05, 4.69) is 21.2 Å². The van der Waals surface area contributed by atoms with Crippen molar-refractivity contribution in [3.63, 3.8) is 0 Å². The van der Waals surface area contributed by atoms with Crippen LogP contribution in [-0.2, 0) is 0 Å². The molecule has 1 N–H and O–H groups in total. The molecule has 6 heteroatoms. The molecule has 0 fully saturated rings. The Labute approximate surface area is 140 Å². The van der Waals surface area contributed by atoms with Crippen molar-refractivity contribution in [1.29, 1.82) is 0 Å². The quantitative estimate of drug-likeness (QED) is 0.708. The number of amides is 1. The predicted molar refractivity (Wildman–Crippen MR) is 91.1 cm³/mol. The number of rotatable bonds is 3. The summed E-state index contributed by atoms with van der Waals surface area (Å²) in [5.74, 6) is 0.0486.